The van der Waals surface area contributed by atoms with Gasteiger partial charge in [0.25, 0.3) is 0 Å². The third-order valence-corrected chi connectivity index (χ3v) is 1.46. The molecule has 1 unspecified atom stereocenters. The average Bonchev–Trinajstić information content (AvgIpc) is 1.95. The first kappa shape index (κ1) is 11.3. The second kappa shape index (κ2) is 5.04. The summed E-state index contributed by atoms with van der Waals surface area (Å²) in [4.78, 5) is 0. The zero-order valence-corrected chi connectivity index (χ0v) is 6.69. The first-order valence-corrected chi connectivity index (χ1v) is 3.71. The minimum Gasteiger partial charge on any atom is -0.328 e. The molecular formula is C8H12F3N. The normalized spacial score (nSPS) is 13.9. The van der Waals surface area contributed by atoms with E-state index in [1.165, 1.54) is 0 Å². The monoisotopic (exact) mass is 179 g/mol. The van der Waals surface area contributed by atoms with Crippen molar-refractivity contribution in [2.75, 3.05) is 0 Å². The standard InChI is InChI=1S/C8H12F3N/c1-2-3-4-7(12)5-6-8(9,10)11/h1,7H,3-6,12H2. The maximum atomic E-state index is 11.6. The van der Waals surface area contributed by atoms with Crippen LogP contribution in [0, 0.1) is 12.3 Å². The fourth-order valence-electron chi connectivity index (χ4n) is 0.762. The molecule has 70 valence electrons. The molecule has 4 heteroatoms. The largest absolute Gasteiger partial charge is 0.389 e. The second-order valence-electron chi connectivity index (χ2n) is 2.66. The van der Waals surface area contributed by atoms with Gasteiger partial charge in [-0.1, -0.05) is 0 Å². The van der Waals surface area contributed by atoms with Gasteiger partial charge in [0, 0.05) is 18.9 Å². The Morgan fingerprint density at radius 1 is 1.33 bits per heavy atom. The third-order valence-electron chi connectivity index (χ3n) is 1.46. The molecule has 0 aromatic rings. The molecule has 0 saturated carbocycles. The molecule has 0 bridgehead atoms. The number of nitrogens with two attached hydrogens (primary N) is 1. The number of hydrogen-bond donors (Lipinski definition) is 1. The summed E-state index contributed by atoms with van der Waals surface area (Å²) < 4.78 is 34.9. The van der Waals surface area contributed by atoms with Crippen molar-refractivity contribution < 1.29 is 13.2 Å². The van der Waals surface area contributed by atoms with Crippen molar-refractivity contribution in [3.8, 4) is 12.3 Å². The van der Waals surface area contributed by atoms with Gasteiger partial charge in [-0.25, -0.2) is 0 Å². The van der Waals surface area contributed by atoms with E-state index in [4.69, 9.17) is 12.2 Å². The lowest BCUT2D eigenvalue weighted by atomic mass is 10.1. The van der Waals surface area contributed by atoms with Gasteiger partial charge in [-0.15, -0.1) is 12.3 Å². The first-order chi connectivity index (χ1) is 5.45. The van der Waals surface area contributed by atoms with E-state index in [9.17, 15) is 13.2 Å². The van der Waals surface area contributed by atoms with E-state index < -0.39 is 18.6 Å². The quantitative estimate of drug-likeness (QED) is 0.657. The highest BCUT2D eigenvalue weighted by Crippen LogP contribution is 2.22. The molecule has 0 fully saturated rings. The summed E-state index contributed by atoms with van der Waals surface area (Å²) in [5.74, 6) is 2.33. The minimum absolute atomic E-state index is 0.0365. The van der Waals surface area contributed by atoms with Crippen LogP contribution >= 0.6 is 0 Å². The SMILES string of the molecule is C#CCCC(N)CCC(F)(F)F. The zero-order valence-electron chi connectivity index (χ0n) is 6.69. The van der Waals surface area contributed by atoms with Crippen molar-refractivity contribution in [3.63, 3.8) is 0 Å². The summed E-state index contributed by atoms with van der Waals surface area (Å²) in [7, 11) is 0. The third kappa shape index (κ3) is 7.42. The maximum Gasteiger partial charge on any atom is 0.389 e. The highest BCUT2D eigenvalue weighted by Gasteiger charge is 2.27. The zero-order chi connectivity index (χ0) is 9.61. The molecule has 0 aliphatic carbocycles. The van der Waals surface area contributed by atoms with Crippen LogP contribution in [0.2, 0.25) is 0 Å². The number of halogens is 3. The highest BCUT2D eigenvalue weighted by molar-refractivity contribution is 4.85. The Hall–Kier alpha value is -0.690. The van der Waals surface area contributed by atoms with Gasteiger partial charge in [0.05, 0.1) is 0 Å². The maximum absolute atomic E-state index is 11.6. The summed E-state index contributed by atoms with van der Waals surface area (Å²) in [6.45, 7) is 0. The van der Waals surface area contributed by atoms with E-state index in [-0.39, 0.29) is 6.42 Å². The number of rotatable bonds is 4. The van der Waals surface area contributed by atoms with Crippen LogP contribution in [0.1, 0.15) is 25.7 Å². The van der Waals surface area contributed by atoms with Crippen LogP contribution in [0.5, 0.6) is 0 Å². The molecule has 0 saturated heterocycles. The molecule has 0 heterocycles. The molecule has 0 amide bonds. The van der Waals surface area contributed by atoms with E-state index >= 15 is 0 Å². The molecule has 0 aromatic carbocycles. The van der Waals surface area contributed by atoms with Crippen molar-refractivity contribution >= 4 is 0 Å². The van der Waals surface area contributed by atoms with Crippen LogP contribution in [0.3, 0.4) is 0 Å². The van der Waals surface area contributed by atoms with Gasteiger partial charge in [-0.05, 0) is 12.8 Å². The van der Waals surface area contributed by atoms with Crippen LogP contribution < -0.4 is 5.73 Å². The molecule has 0 radical (unpaired) electrons. The van der Waals surface area contributed by atoms with Gasteiger partial charge in [0.1, 0.15) is 0 Å². The summed E-state index contributed by atoms with van der Waals surface area (Å²) in [5.41, 5.74) is 5.37. The Labute approximate surface area is 70.1 Å². The van der Waals surface area contributed by atoms with Gasteiger partial charge in [-0.2, -0.15) is 13.2 Å². The lowest BCUT2D eigenvalue weighted by molar-refractivity contribution is -0.136. The van der Waals surface area contributed by atoms with Crippen molar-refractivity contribution in [3.05, 3.63) is 0 Å². The van der Waals surface area contributed by atoms with Crippen molar-refractivity contribution in [2.24, 2.45) is 5.73 Å². The van der Waals surface area contributed by atoms with Crippen molar-refractivity contribution in [1.82, 2.24) is 0 Å². The van der Waals surface area contributed by atoms with Crippen LogP contribution in [0.4, 0.5) is 13.2 Å². The van der Waals surface area contributed by atoms with E-state index in [0.29, 0.717) is 12.8 Å². The van der Waals surface area contributed by atoms with Crippen molar-refractivity contribution in [1.29, 1.82) is 0 Å². The van der Waals surface area contributed by atoms with Crippen LogP contribution in [0.25, 0.3) is 0 Å². The molecule has 12 heavy (non-hydrogen) atoms. The van der Waals surface area contributed by atoms with E-state index in [1.54, 1.807) is 0 Å². The lowest BCUT2D eigenvalue weighted by Crippen LogP contribution is -2.22. The van der Waals surface area contributed by atoms with Gasteiger partial charge >= 0.3 is 6.18 Å². The Morgan fingerprint density at radius 3 is 2.33 bits per heavy atom. The second-order valence-corrected chi connectivity index (χ2v) is 2.66. The van der Waals surface area contributed by atoms with E-state index in [1.807, 2.05) is 0 Å². The smallest absolute Gasteiger partial charge is 0.328 e. The number of terminal acetylenes is 1. The molecule has 1 atom stereocenters. The van der Waals surface area contributed by atoms with Gasteiger partial charge in [-0.3, -0.25) is 0 Å². The lowest BCUT2D eigenvalue weighted by Gasteiger charge is -2.11. The van der Waals surface area contributed by atoms with Gasteiger partial charge in [0.15, 0.2) is 0 Å². The average molecular weight is 179 g/mol. The van der Waals surface area contributed by atoms with Crippen LogP contribution in [-0.4, -0.2) is 12.2 Å². The van der Waals surface area contributed by atoms with Crippen LogP contribution in [-0.2, 0) is 0 Å². The molecule has 0 aromatic heterocycles. The molecule has 0 aliphatic rings. The molecule has 1 nitrogen and oxygen atoms in total. The molecule has 0 spiro atoms. The minimum atomic E-state index is -4.10. The summed E-state index contributed by atoms with van der Waals surface area (Å²) in [6.07, 6.45) is 0.879. The summed E-state index contributed by atoms with van der Waals surface area (Å²) in [6, 6.07) is -0.428. The Bertz CT molecular complexity index is 157. The topological polar surface area (TPSA) is 26.0 Å². The Morgan fingerprint density at radius 2 is 1.92 bits per heavy atom. The van der Waals surface area contributed by atoms with Crippen LogP contribution in [0.15, 0.2) is 0 Å². The fraction of sp³-hybridized carbons (Fsp3) is 0.750. The Kier molecular flexibility index (Phi) is 4.75. The predicted octanol–water partition coefficient (Wildman–Crippen LogP) is 2.07. The van der Waals surface area contributed by atoms with E-state index in [2.05, 4.69) is 5.92 Å². The molecule has 0 aliphatic heterocycles. The van der Waals surface area contributed by atoms with E-state index in [0.717, 1.165) is 0 Å². The molecular weight excluding hydrogens is 167 g/mol. The van der Waals surface area contributed by atoms with Crippen molar-refractivity contribution in [2.45, 2.75) is 37.9 Å². The summed E-state index contributed by atoms with van der Waals surface area (Å²) in [5, 5.41) is 0. The Balaban J connectivity index is 3.45. The molecule has 0 rings (SSSR count). The fourth-order valence-corrected chi connectivity index (χ4v) is 0.762. The number of hydrogen-bond acceptors (Lipinski definition) is 1. The van der Waals surface area contributed by atoms with Gasteiger partial charge in [0.2, 0.25) is 0 Å². The highest BCUT2D eigenvalue weighted by atomic mass is 19.4. The summed E-state index contributed by atoms with van der Waals surface area (Å²) >= 11 is 0. The predicted molar refractivity (Wildman–Crippen MR) is 41.3 cm³/mol. The molecule has 2 N–H and O–H groups in total. The number of alkyl halides is 3. The first-order valence-electron chi connectivity index (χ1n) is 3.71. The van der Waals surface area contributed by atoms with Gasteiger partial charge < -0.3 is 5.73 Å².